The number of aromatic nitrogens is 2. The second-order valence-corrected chi connectivity index (χ2v) is 40.7. The van der Waals surface area contributed by atoms with Gasteiger partial charge >= 0.3 is 0 Å². The Hall–Kier alpha value is -11.6. The number of hydrogen-bond acceptors (Lipinski definition) is 5. The zero-order chi connectivity index (χ0) is 82.2. The highest BCUT2D eigenvalue weighted by Crippen LogP contribution is 2.64. The van der Waals surface area contributed by atoms with Gasteiger partial charge in [0.05, 0.1) is 39.6 Å². The molecule has 1 aliphatic carbocycles. The molecule has 0 saturated carbocycles. The topological polar surface area (TPSA) is 35.5 Å². The first-order valence-electron chi connectivity index (χ1n) is 42.3. The first-order chi connectivity index (χ1) is 55.5. The summed E-state index contributed by atoms with van der Waals surface area (Å²) in [7, 11) is 0. The van der Waals surface area contributed by atoms with Crippen molar-refractivity contribution in [2.45, 2.75) is 189 Å². The fraction of sp³-hybridized carbons (Fsp3) is 0.261. The molecule has 12 aromatic carbocycles. The average Bonchev–Trinajstić information content (AvgIpc) is 1.64. The molecule has 117 heavy (non-hydrogen) atoms. The predicted octanol–water partition coefficient (Wildman–Crippen LogP) is 28.1. The van der Waals surface area contributed by atoms with Gasteiger partial charge < -0.3 is 14.7 Å². The Labute approximate surface area is 696 Å². The molecule has 5 heterocycles. The summed E-state index contributed by atoms with van der Waals surface area (Å²) in [6, 6.07) is 111. The molecule has 5 nitrogen and oxygen atoms in total. The van der Waals surface area contributed by atoms with Gasteiger partial charge in [-0.2, -0.15) is 0 Å². The third kappa shape index (κ3) is 12.8. The van der Waals surface area contributed by atoms with E-state index >= 15 is 0 Å². The van der Waals surface area contributed by atoms with Crippen LogP contribution in [-0.4, -0.2) is 16.7 Å². The van der Waals surface area contributed by atoms with E-state index in [2.05, 4.69) is 445 Å². The van der Waals surface area contributed by atoms with Gasteiger partial charge in [-0.25, -0.2) is 0 Å². The molecular weight excluding hydrogens is 1410 g/mol. The van der Waals surface area contributed by atoms with Gasteiger partial charge in [-0.3, -0.25) is 9.97 Å². The standard InChI is InChI=1S/C111H110BN5/c1-104(2,3)73-58-72(59-74(61-73)105(4,5)6)71-54-57-95-90(60-71)112-89-56-55-78(115-93-50-34-32-46-87(93)111(88-47-33-35-51-94(88)115)85-44-30-28-42-79(85)80-43-29-31-45-86(80)111)68-96(89)117(103-83(91-48-36-52-99(113-91)109(16,17)18)64-76(107(10,11)12)65-84(103)92-49-37-53-100(114-92)110(19,20)21)98-67-77(108(13,14)15)66-97(101(98)112)116(95)102-81(69-38-24-22-25-39-69)62-75(106(7,8)9)63-82(102)70-40-26-23-27-41-70/h22-68H,1-21H3. The summed E-state index contributed by atoms with van der Waals surface area (Å²) < 4.78 is 0. The summed E-state index contributed by atoms with van der Waals surface area (Å²) in [5.41, 5.74) is 38.2. The summed E-state index contributed by atoms with van der Waals surface area (Å²) in [5, 5.41) is 0. The lowest BCUT2D eigenvalue weighted by molar-refractivity contribution is 0.569. The molecule has 582 valence electrons. The minimum atomic E-state index is -0.610. The van der Waals surface area contributed by atoms with E-state index in [9.17, 15) is 0 Å². The van der Waals surface area contributed by atoms with Crippen LogP contribution >= 0.6 is 0 Å². The maximum Gasteiger partial charge on any atom is 0.252 e. The van der Waals surface area contributed by atoms with Crippen LogP contribution in [0.15, 0.2) is 285 Å². The van der Waals surface area contributed by atoms with Crippen LogP contribution in [0.3, 0.4) is 0 Å². The van der Waals surface area contributed by atoms with E-state index in [4.69, 9.17) is 9.97 Å². The largest absolute Gasteiger partial charge is 0.310 e. The Morgan fingerprint density at radius 2 is 0.632 bits per heavy atom. The summed E-state index contributed by atoms with van der Waals surface area (Å²) >= 11 is 0. The molecule has 3 aliphatic heterocycles. The summed E-state index contributed by atoms with van der Waals surface area (Å²) in [5.74, 6) is 0. The van der Waals surface area contributed by atoms with Crippen LogP contribution < -0.4 is 31.1 Å². The Morgan fingerprint density at radius 1 is 0.239 bits per heavy atom. The SMILES string of the molecule is CC(C)(C)c1cc(-c2ccc3c(c2)B2c4ccc(N5c6ccccc6C6(c7ccccc7-c7ccccc76)c6ccccc65)cc4N(c4c(-c5cccc(C(C)(C)C)n5)cc(C(C)(C)C)cc4-c4cccc(C(C)(C)C)n4)c4cc(C(C)(C)C)cc(c42)N3c2c(-c3ccccc3)cc(C(C)(C)C)cc2-c2ccccc2)cc(C(C)(C)C)c1. The predicted molar refractivity (Wildman–Crippen MR) is 500 cm³/mol. The van der Waals surface area contributed by atoms with Gasteiger partial charge in [0, 0.05) is 72.9 Å². The zero-order valence-corrected chi connectivity index (χ0v) is 72.4. The first-order valence-corrected chi connectivity index (χ1v) is 42.3. The molecular formula is C111H110BN5. The molecule has 6 heteroatoms. The van der Waals surface area contributed by atoms with E-state index < -0.39 is 5.41 Å². The maximum atomic E-state index is 5.92. The lowest BCUT2D eigenvalue weighted by Gasteiger charge is -2.47. The van der Waals surface area contributed by atoms with Gasteiger partial charge in [-0.15, -0.1) is 0 Å². The molecule has 0 amide bonds. The van der Waals surface area contributed by atoms with Crippen LogP contribution in [0, 0.1) is 0 Å². The first kappa shape index (κ1) is 76.7. The average molecular weight is 1520 g/mol. The van der Waals surface area contributed by atoms with Crippen LogP contribution in [0.5, 0.6) is 0 Å². The van der Waals surface area contributed by atoms with Crippen molar-refractivity contribution in [2.75, 3.05) is 14.7 Å². The highest BCUT2D eigenvalue weighted by atomic mass is 15.2. The molecule has 18 rings (SSSR count). The second-order valence-electron chi connectivity index (χ2n) is 40.7. The quantitative estimate of drug-likeness (QED) is 0.142. The van der Waals surface area contributed by atoms with Crippen molar-refractivity contribution in [3.05, 3.63) is 347 Å². The summed E-state index contributed by atoms with van der Waals surface area (Å²) in [4.78, 5) is 19.9. The minimum Gasteiger partial charge on any atom is -0.310 e. The van der Waals surface area contributed by atoms with Crippen LogP contribution in [0.2, 0.25) is 0 Å². The number of benzene rings is 12. The summed E-state index contributed by atoms with van der Waals surface area (Å²) in [6.45, 7) is 49.0. The lowest BCUT2D eigenvalue weighted by Crippen LogP contribution is -2.61. The number of nitrogens with zero attached hydrogens (tertiary/aromatic N) is 5. The van der Waals surface area contributed by atoms with Crippen molar-refractivity contribution in [1.29, 1.82) is 0 Å². The van der Waals surface area contributed by atoms with Gasteiger partial charge in [0.25, 0.3) is 6.71 Å². The van der Waals surface area contributed by atoms with Gasteiger partial charge in [-0.05, 0) is 218 Å². The van der Waals surface area contributed by atoms with Crippen molar-refractivity contribution in [3.8, 4) is 67.0 Å². The lowest BCUT2D eigenvalue weighted by atomic mass is 9.33. The van der Waals surface area contributed by atoms with E-state index in [1.54, 1.807) is 0 Å². The van der Waals surface area contributed by atoms with E-state index in [1.165, 1.54) is 99.8 Å². The highest BCUT2D eigenvalue weighted by Gasteiger charge is 2.53. The zero-order valence-electron chi connectivity index (χ0n) is 72.4. The number of pyridine rings is 2. The van der Waals surface area contributed by atoms with Gasteiger partial charge in [0.15, 0.2) is 0 Å². The molecule has 4 aliphatic rings. The van der Waals surface area contributed by atoms with Gasteiger partial charge in [-0.1, -0.05) is 340 Å². The normalized spacial score (nSPS) is 14.2. The van der Waals surface area contributed by atoms with Crippen molar-refractivity contribution >= 4 is 74.3 Å². The number of para-hydroxylation sites is 2. The molecule has 2 aromatic heterocycles. The number of fused-ring (bicyclic) bond motifs is 13. The van der Waals surface area contributed by atoms with Crippen LogP contribution in [-0.2, 0) is 43.3 Å². The van der Waals surface area contributed by atoms with Gasteiger partial charge in [0.2, 0.25) is 0 Å². The third-order valence-electron chi connectivity index (χ3n) is 25.4. The van der Waals surface area contributed by atoms with Crippen LogP contribution in [0.1, 0.15) is 207 Å². The Kier molecular flexibility index (Phi) is 17.9. The van der Waals surface area contributed by atoms with E-state index in [1.807, 2.05) is 0 Å². The molecule has 0 unspecified atom stereocenters. The Balaban J connectivity index is 1.04. The van der Waals surface area contributed by atoms with Crippen LogP contribution in [0.4, 0.5) is 51.2 Å². The smallest absolute Gasteiger partial charge is 0.252 e. The van der Waals surface area contributed by atoms with E-state index in [0.717, 1.165) is 96.2 Å². The van der Waals surface area contributed by atoms with Crippen LogP contribution in [0.25, 0.3) is 67.0 Å². The van der Waals surface area contributed by atoms with Gasteiger partial charge in [0.1, 0.15) is 0 Å². The Morgan fingerprint density at radius 3 is 1.09 bits per heavy atom. The molecule has 1 spiro atoms. The molecule has 0 radical (unpaired) electrons. The maximum absolute atomic E-state index is 5.92. The molecule has 0 atom stereocenters. The number of hydrogen-bond donors (Lipinski definition) is 0. The monoisotopic (exact) mass is 1520 g/mol. The molecule has 14 aromatic rings. The molecule has 0 fully saturated rings. The fourth-order valence-corrected chi connectivity index (χ4v) is 18.9. The number of anilines is 9. The second kappa shape index (κ2) is 27.2. The number of rotatable bonds is 8. The molecule has 0 N–H and O–H groups in total. The fourth-order valence-electron chi connectivity index (χ4n) is 18.9. The van der Waals surface area contributed by atoms with Crippen molar-refractivity contribution in [1.82, 2.24) is 9.97 Å². The van der Waals surface area contributed by atoms with Crippen molar-refractivity contribution in [2.24, 2.45) is 0 Å². The Bertz CT molecular complexity index is 6060. The third-order valence-corrected chi connectivity index (χ3v) is 25.4. The minimum absolute atomic E-state index is 0.123. The summed E-state index contributed by atoms with van der Waals surface area (Å²) in [6.07, 6.45) is 0. The molecule has 0 bridgehead atoms. The van der Waals surface area contributed by atoms with E-state index in [-0.39, 0.29) is 44.6 Å². The van der Waals surface area contributed by atoms with Crippen molar-refractivity contribution in [3.63, 3.8) is 0 Å². The molecule has 0 saturated heterocycles. The van der Waals surface area contributed by atoms with Crippen molar-refractivity contribution < 1.29 is 0 Å². The van der Waals surface area contributed by atoms with E-state index in [0.29, 0.717) is 0 Å². The highest BCUT2D eigenvalue weighted by molar-refractivity contribution is 7.00.